The molecule has 0 aliphatic heterocycles. The largest absolute Gasteiger partial charge is 0.370 e. The molecule has 1 heterocycles. The number of nitrogens with two attached hydrogens (primary N) is 1. The zero-order chi connectivity index (χ0) is 16.9. The second-order valence-electron chi connectivity index (χ2n) is 5.14. The summed E-state index contributed by atoms with van der Waals surface area (Å²) in [5, 5.41) is 4.68. The van der Waals surface area contributed by atoms with Crippen LogP contribution in [0.2, 0.25) is 5.02 Å². The van der Waals surface area contributed by atoms with Crippen LogP contribution in [0.1, 0.15) is 23.7 Å². The van der Waals surface area contributed by atoms with Crippen molar-refractivity contribution in [2.24, 2.45) is 5.90 Å². The van der Waals surface area contributed by atoms with Gasteiger partial charge in [-0.15, -0.1) is 0 Å². The van der Waals surface area contributed by atoms with Gasteiger partial charge in [-0.2, -0.15) is 10.9 Å². The summed E-state index contributed by atoms with van der Waals surface area (Å²) in [5.41, 5.74) is 2.21. The van der Waals surface area contributed by atoms with E-state index in [0.29, 0.717) is 35.2 Å². The van der Waals surface area contributed by atoms with E-state index in [9.17, 15) is 4.79 Å². The Labute approximate surface area is 143 Å². The highest BCUT2D eigenvalue weighted by Gasteiger charge is 2.14. The molecule has 0 saturated carbocycles. The molecule has 0 bridgehead atoms. The number of hydrogen-bond donors (Lipinski definition) is 1. The summed E-state index contributed by atoms with van der Waals surface area (Å²) in [5.74, 6) is 5.29. The average molecular weight is 344 g/mol. The van der Waals surface area contributed by atoms with Gasteiger partial charge < -0.3 is 9.36 Å². The number of carbonyl (C=O) groups is 1. The van der Waals surface area contributed by atoms with Crippen molar-refractivity contribution in [1.82, 2.24) is 10.1 Å². The molecule has 1 aliphatic rings. The molecule has 0 fully saturated rings. The molecule has 1 aromatic heterocycles. The standard InChI is InChI=1S/C17H14ClN3O3/c18-14-8-4-11(5-9-14)10-15-20-16(21-24-15)12-2-1-3-13(7-6-12)17(22)23-19/h1,3-9H,2,10,19H2. The highest BCUT2D eigenvalue weighted by molar-refractivity contribution is 6.30. The number of carbonyl (C=O) groups excluding carboxylic acids is 1. The van der Waals surface area contributed by atoms with Crippen molar-refractivity contribution in [2.45, 2.75) is 12.8 Å². The average Bonchev–Trinajstić information content (AvgIpc) is 2.91. The van der Waals surface area contributed by atoms with Gasteiger partial charge in [0.1, 0.15) is 0 Å². The lowest BCUT2D eigenvalue weighted by atomic mass is 10.1. The molecule has 7 heteroatoms. The van der Waals surface area contributed by atoms with Gasteiger partial charge in [0.25, 0.3) is 0 Å². The van der Waals surface area contributed by atoms with Crippen LogP contribution in [0.5, 0.6) is 0 Å². The van der Waals surface area contributed by atoms with Crippen LogP contribution in [0.4, 0.5) is 0 Å². The van der Waals surface area contributed by atoms with E-state index in [0.717, 1.165) is 11.1 Å². The Morgan fingerprint density at radius 3 is 2.83 bits per heavy atom. The SMILES string of the molecule is NOC(=O)C1=CC=C(c2noc(Cc3ccc(Cl)cc3)n2)CC=C1. The predicted molar refractivity (Wildman–Crippen MR) is 88.7 cm³/mol. The minimum Gasteiger partial charge on any atom is -0.370 e. The summed E-state index contributed by atoms with van der Waals surface area (Å²) in [6, 6.07) is 7.45. The fourth-order valence-electron chi connectivity index (χ4n) is 2.23. The van der Waals surface area contributed by atoms with Crippen LogP contribution in [0.15, 0.2) is 58.7 Å². The summed E-state index contributed by atoms with van der Waals surface area (Å²) in [7, 11) is 0. The van der Waals surface area contributed by atoms with Gasteiger partial charge in [0, 0.05) is 10.6 Å². The maximum absolute atomic E-state index is 11.4. The number of nitrogens with zero attached hydrogens (tertiary/aromatic N) is 2. The van der Waals surface area contributed by atoms with Gasteiger partial charge in [0.2, 0.25) is 5.89 Å². The number of aromatic nitrogens is 2. The molecule has 0 spiro atoms. The molecule has 6 nitrogen and oxygen atoms in total. The maximum atomic E-state index is 11.4. The van der Waals surface area contributed by atoms with Crippen LogP contribution in [0.3, 0.4) is 0 Å². The highest BCUT2D eigenvalue weighted by Crippen LogP contribution is 2.21. The lowest BCUT2D eigenvalue weighted by Crippen LogP contribution is -2.10. The van der Waals surface area contributed by atoms with Crippen LogP contribution in [0.25, 0.3) is 5.57 Å². The number of rotatable bonds is 4. The third-order valence-electron chi connectivity index (χ3n) is 3.47. The van der Waals surface area contributed by atoms with E-state index in [2.05, 4.69) is 15.0 Å². The summed E-state index contributed by atoms with van der Waals surface area (Å²) in [6.07, 6.45) is 7.92. The van der Waals surface area contributed by atoms with Crippen molar-refractivity contribution in [3.8, 4) is 0 Å². The molecular formula is C17H14ClN3O3. The van der Waals surface area contributed by atoms with Gasteiger partial charge in [-0.25, -0.2) is 4.79 Å². The minimum atomic E-state index is -0.597. The first-order valence-electron chi connectivity index (χ1n) is 7.21. The molecule has 3 rings (SSSR count). The molecular weight excluding hydrogens is 330 g/mol. The van der Waals surface area contributed by atoms with Crippen molar-refractivity contribution < 1.29 is 14.2 Å². The Balaban J connectivity index is 1.77. The van der Waals surface area contributed by atoms with Crippen molar-refractivity contribution in [2.75, 3.05) is 0 Å². The summed E-state index contributed by atoms with van der Waals surface area (Å²) in [4.78, 5) is 20.1. The van der Waals surface area contributed by atoms with Gasteiger partial charge in [0.05, 0.1) is 12.0 Å². The molecule has 2 aromatic rings. The van der Waals surface area contributed by atoms with Gasteiger partial charge >= 0.3 is 5.97 Å². The number of hydrogen-bond acceptors (Lipinski definition) is 6. The highest BCUT2D eigenvalue weighted by atomic mass is 35.5. The monoisotopic (exact) mass is 343 g/mol. The van der Waals surface area contributed by atoms with E-state index in [1.54, 1.807) is 18.2 Å². The molecule has 122 valence electrons. The van der Waals surface area contributed by atoms with Crippen molar-refractivity contribution in [1.29, 1.82) is 0 Å². The normalized spacial score (nSPS) is 13.9. The van der Waals surface area contributed by atoms with Crippen LogP contribution in [-0.4, -0.2) is 16.1 Å². The number of halogens is 1. The predicted octanol–water partition coefficient (Wildman–Crippen LogP) is 3.00. The van der Waals surface area contributed by atoms with Gasteiger partial charge in [0.15, 0.2) is 5.82 Å². The lowest BCUT2D eigenvalue weighted by Gasteiger charge is -1.96. The topological polar surface area (TPSA) is 91.2 Å². The Morgan fingerprint density at radius 2 is 2.08 bits per heavy atom. The molecule has 0 atom stereocenters. The smallest absolute Gasteiger partial charge is 0.356 e. The Kier molecular flexibility index (Phi) is 4.88. The second-order valence-corrected chi connectivity index (χ2v) is 5.58. The van der Waals surface area contributed by atoms with E-state index >= 15 is 0 Å². The van der Waals surface area contributed by atoms with Crippen LogP contribution >= 0.6 is 11.6 Å². The lowest BCUT2D eigenvalue weighted by molar-refractivity contribution is -0.139. The zero-order valence-electron chi connectivity index (χ0n) is 12.6. The minimum absolute atomic E-state index is 0.359. The molecule has 24 heavy (non-hydrogen) atoms. The molecule has 2 N–H and O–H groups in total. The van der Waals surface area contributed by atoms with Crippen molar-refractivity contribution >= 4 is 23.1 Å². The van der Waals surface area contributed by atoms with E-state index in [-0.39, 0.29) is 0 Å². The van der Waals surface area contributed by atoms with E-state index in [4.69, 9.17) is 22.0 Å². The maximum Gasteiger partial charge on any atom is 0.356 e. The Hall–Kier alpha value is -2.70. The fraction of sp³-hybridized carbons (Fsp3) is 0.118. The van der Waals surface area contributed by atoms with Gasteiger partial charge in [-0.1, -0.05) is 47.1 Å². The Morgan fingerprint density at radius 1 is 1.29 bits per heavy atom. The van der Waals surface area contributed by atoms with Gasteiger partial charge in [-0.3, -0.25) is 0 Å². The van der Waals surface area contributed by atoms with E-state index < -0.39 is 5.97 Å². The summed E-state index contributed by atoms with van der Waals surface area (Å²) >= 11 is 5.87. The third kappa shape index (κ3) is 3.79. The first kappa shape index (κ1) is 16.2. The molecule has 1 aromatic carbocycles. The zero-order valence-corrected chi connectivity index (χ0v) is 13.4. The summed E-state index contributed by atoms with van der Waals surface area (Å²) < 4.78 is 5.30. The first-order valence-corrected chi connectivity index (χ1v) is 7.59. The van der Waals surface area contributed by atoms with Gasteiger partial charge in [-0.05, 0) is 30.2 Å². The summed E-state index contributed by atoms with van der Waals surface area (Å²) in [6.45, 7) is 0. The van der Waals surface area contributed by atoms with E-state index in [1.807, 2.05) is 30.3 Å². The third-order valence-corrected chi connectivity index (χ3v) is 3.72. The molecule has 1 aliphatic carbocycles. The van der Waals surface area contributed by atoms with Crippen LogP contribution in [0, 0.1) is 0 Å². The van der Waals surface area contributed by atoms with E-state index in [1.165, 1.54) is 0 Å². The fourth-order valence-corrected chi connectivity index (χ4v) is 2.36. The molecule has 0 unspecified atom stereocenters. The number of benzene rings is 1. The molecule has 0 saturated heterocycles. The second kappa shape index (κ2) is 7.25. The van der Waals surface area contributed by atoms with Crippen LogP contribution < -0.4 is 5.90 Å². The Bertz CT molecular complexity index is 835. The van der Waals surface area contributed by atoms with Crippen LogP contribution in [-0.2, 0) is 16.1 Å². The first-order chi connectivity index (χ1) is 11.7. The quantitative estimate of drug-likeness (QED) is 0.858. The van der Waals surface area contributed by atoms with Crippen molar-refractivity contribution in [3.63, 3.8) is 0 Å². The molecule has 0 amide bonds. The molecule has 0 radical (unpaired) electrons. The number of allylic oxidation sites excluding steroid dienone is 4. The van der Waals surface area contributed by atoms with Crippen molar-refractivity contribution in [3.05, 3.63) is 76.4 Å².